The molecule has 70 valence electrons. The Hall–Kier alpha value is -0.0400. The van der Waals surface area contributed by atoms with Crippen LogP contribution in [-0.4, -0.2) is 13.2 Å². The largest absolute Gasteiger partial charge is 0.381 e. The van der Waals surface area contributed by atoms with Gasteiger partial charge in [0, 0.05) is 13.2 Å². The van der Waals surface area contributed by atoms with Gasteiger partial charge in [-0.15, -0.1) is 0 Å². The highest BCUT2D eigenvalue weighted by molar-refractivity contribution is 4.82. The first-order chi connectivity index (χ1) is 5.77. The summed E-state index contributed by atoms with van der Waals surface area (Å²) >= 11 is 0. The van der Waals surface area contributed by atoms with Crippen molar-refractivity contribution in [1.82, 2.24) is 0 Å². The zero-order valence-electron chi connectivity index (χ0n) is 8.25. The van der Waals surface area contributed by atoms with Gasteiger partial charge in [0.1, 0.15) is 0 Å². The number of hydrogen-bond donors (Lipinski definition) is 0. The molecule has 1 saturated heterocycles. The van der Waals surface area contributed by atoms with Crippen molar-refractivity contribution in [2.75, 3.05) is 13.2 Å². The molecule has 0 aromatic carbocycles. The number of hydrogen-bond acceptors (Lipinski definition) is 1. The van der Waals surface area contributed by atoms with Gasteiger partial charge in [-0.05, 0) is 36.5 Å². The summed E-state index contributed by atoms with van der Waals surface area (Å²) in [5.41, 5.74) is 0. The fourth-order valence-corrected chi connectivity index (χ4v) is 2.82. The standard InChI is InChI=1S/C11H20O/c1-8-3-4-10-6-12-7-11(5-8)9(10)2/h8-11H,3-7H2,1-2H3. The van der Waals surface area contributed by atoms with Crippen LogP contribution in [0, 0.1) is 23.7 Å². The van der Waals surface area contributed by atoms with Crippen LogP contribution in [0.1, 0.15) is 33.1 Å². The molecule has 0 aromatic heterocycles. The third kappa shape index (κ3) is 1.52. The lowest BCUT2D eigenvalue weighted by Gasteiger charge is -2.33. The van der Waals surface area contributed by atoms with Crippen LogP contribution >= 0.6 is 0 Å². The normalized spacial score (nSPS) is 48.5. The molecule has 1 aliphatic heterocycles. The zero-order chi connectivity index (χ0) is 8.55. The molecule has 0 spiro atoms. The van der Waals surface area contributed by atoms with Gasteiger partial charge in [-0.1, -0.05) is 20.3 Å². The van der Waals surface area contributed by atoms with E-state index < -0.39 is 0 Å². The minimum absolute atomic E-state index is 0.862. The van der Waals surface area contributed by atoms with Crippen LogP contribution in [0.25, 0.3) is 0 Å². The summed E-state index contributed by atoms with van der Waals surface area (Å²) in [6.07, 6.45) is 4.23. The topological polar surface area (TPSA) is 9.23 Å². The molecular weight excluding hydrogens is 148 g/mol. The van der Waals surface area contributed by atoms with Crippen LogP contribution in [0.4, 0.5) is 0 Å². The van der Waals surface area contributed by atoms with E-state index in [1.165, 1.54) is 19.3 Å². The highest BCUT2D eigenvalue weighted by Gasteiger charge is 2.34. The molecule has 0 radical (unpaired) electrons. The van der Waals surface area contributed by atoms with Gasteiger partial charge in [0.15, 0.2) is 0 Å². The Balaban J connectivity index is 2.08. The number of rotatable bonds is 0. The van der Waals surface area contributed by atoms with Gasteiger partial charge < -0.3 is 4.74 Å². The van der Waals surface area contributed by atoms with E-state index in [2.05, 4.69) is 13.8 Å². The van der Waals surface area contributed by atoms with E-state index in [1.807, 2.05) is 0 Å². The SMILES string of the molecule is CC1CCC2COCC(C1)C2C. The van der Waals surface area contributed by atoms with E-state index in [-0.39, 0.29) is 0 Å². The lowest BCUT2D eigenvalue weighted by atomic mass is 9.80. The predicted molar refractivity (Wildman–Crippen MR) is 50.0 cm³/mol. The Morgan fingerprint density at radius 2 is 1.75 bits per heavy atom. The molecule has 1 nitrogen and oxygen atoms in total. The maximum absolute atomic E-state index is 5.64. The van der Waals surface area contributed by atoms with Crippen molar-refractivity contribution >= 4 is 0 Å². The molecule has 4 atom stereocenters. The summed E-state index contributed by atoms with van der Waals surface area (Å²) in [6, 6.07) is 0. The van der Waals surface area contributed by atoms with E-state index in [4.69, 9.17) is 4.74 Å². The van der Waals surface area contributed by atoms with Gasteiger partial charge in [0.25, 0.3) is 0 Å². The molecule has 0 amide bonds. The molecular formula is C11H20O. The fraction of sp³-hybridized carbons (Fsp3) is 1.00. The van der Waals surface area contributed by atoms with Gasteiger partial charge in [0.2, 0.25) is 0 Å². The Morgan fingerprint density at radius 3 is 2.58 bits per heavy atom. The first-order valence-corrected chi connectivity index (χ1v) is 5.35. The van der Waals surface area contributed by atoms with Gasteiger partial charge in [0.05, 0.1) is 0 Å². The molecule has 2 aliphatic rings. The smallest absolute Gasteiger partial charge is 0.0497 e. The van der Waals surface area contributed by atoms with Crippen molar-refractivity contribution in [3.8, 4) is 0 Å². The summed E-state index contributed by atoms with van der Waals surface area (Å²) in [4.78, 5) is 0. The minimum atomic E-state index is 0.862. The van der Waals surface area contributed by atoms with Crippen molar-refractivity contribution in [3.63, 3.8) is 0 Å². The van der Waals surface area contributed by atoms with Crippen molar-refractivity contribution in [1.29, 1.82) is 0 Å². The maximum Gasteiger partial charge on any atom is 0.0497 e. The molecule has 1 heterocycles. The monoisotopic (exact) mass is 168 g/mol. The average molecular weight is 168 g/mol. The molecule has 2 fully saturated rings. The molecule has 4 unspecified atom stereocenters. The molecule has 1 saturated carbocycles. The van der Waals surface area contributed by atoms with Crippen LogP contribution in [-0.2, 0) is 4.74 Å². The van der Waals surface area contributed by atoms with E-state index in [0.29, 0.717) is 0 Å². The van der Waals surface area contributed by atoms with E-state index in [1.54, 1.807) is 0 Å². The van der Waals surface area contributed by atoms with Crippen LogP contribution in [0.15, 0.2) is 0 Å². The molecule has 2 rings (SSSR count). The zero-order valence-corrected chi connectivity index (χ0v) is 8.25. The van der Waals surface area contributed by atoms with Gasteiger partial charge in [-0.25, -0.2) is 0 Å². The Labute approximate surface area is 75.5 Å². The summed E-state index contributed by atoms with van der Waals surface area (Å²) in [7, 11) is 0. The van der Waals surface area contributed by atoms with E-state index in [9.17, 15) is 0 Å². The van der Waals surface area contributed by atoms with E-state index in [0.717, 1.165) is 36.9 Å². The molecule has 1 aliphatic carbocycles. The third-order valence-corrected chi connectivity index (χ3v) is 3.89. The summed E-state index contributed by atoms with van der Waals surface area (Å²) in [5.74, 6) is 3.59. The maximum atomic E-state index is 5.64. The van der Waals surface area contributed by atoms with Crippen LogP contribution in [0.3, 0.4) is 0 Å². The van der Waals surface area contributed by atoms with Crippen LogP contribution in [0.2, 0.25) is 0 Å². The molecule has 12 heavy (non-hydrogen) atoms. The van der Waals surface area contributed by atoms with Crippen LogP contribution < -0.4 is 0 Å². The molecule has 1 heteroatoms. The minimum Gasteiger partial charge on any atom is -0.381 e. The van der Waals surface area contributed by atoms with E-state index >= 15 is 0 Å². The Kier molecular flexibility index (Phi) is 2.40. The van der Waals surface area contributed by atoms with Gasteiger partial charge >= 0.3 is 0 Å². The Morgan fingerprint density at radius 1 is 1.00 bits per heavy atom. The lowest BCUT2D eigenvalue weighted by molar-refractivity contribution is -0.0211. The van der Waals surface area contributed by atoms with Crippen molar-refractivity contribution < 1.29 is 4.74 Å². The van der Waals surface area contributed by atoms with Crippen molar-refractivity contribution in [3.05, 3.63) is 0 Å². The van der Waals surface area contributed by atoms with Crippen molar-refractivity contribution in [2.45, 2.75) is 33.1 Å². The first-order valence-electron chi connectivity index (χ1n) is 5.35. The number of ether oxygens (including phenoxy) is 1. The lowest BCUT2D eigenvalue weighted by Crippen LogP contribution is -2.32. The second-order valence-electron chi connectivity index (χ2n) is 4.83. The quantitative estimate of drug-likeness (QED) is 0.540. The second kappa shape index (κ2) is 3.37. The van der Waals surface area contributed by atoms with Crippen molar-refractivity contribution in [2.24, 2.45) is 23.7 Å². The summed E-state index contributed by atoms with van der Waals surface area (Å²) in [6.45, 7) is 6.88. The fourth-order valence-electron chi connectivity index (χ4n) is 2.82. The number of fused-ring (bicyclic) bond motifs is 2. The van der Waals surface area contributed by atoms with Crippen LogP contribution in [0.5, 0.6) is 0 Å². The average Bonchev–Trinajstić information content (AvgIpc) is 2.17. The first kappa shape index (κ1) is 8.55. The van der Waals surface area contributed by atoms with Gasteiger partial charge in [-0.3, -0.25) is 0 Å². The second-order valence-corrected chi connectivity index (χ2v) is 4.83. The summed E-state index contributed by atoms with van der Waals surface area (Å²) in [5, 5.41) is 0. The summed E-state index contributed by atoms with van der Waals surface area (Å²) < 4.78 is 5.64. The highest BCUT2D eigenvalue weighted by Crippen LogP contribution is 2.38. The predicted octanol–water partition coefficient (Wildman–Crippen LogP) is 2.71. The molecule has 2 bridgehead atoms. The van der Waals surface area contributed by atoms with Gasteiger partial charge in [-0.2, -0.15) is 0 Å². The molecule has 0 aromatic rings. The highest BCUT2D eigenvalue weighted by atomic mass is 16.5. The third-order valence-electron chi connectivity index (χ3n) is 3.89. The Bertz CT molecular complexity index is 155. The molecule has 0 N–H and O–H groups in total.